The molecule has 2 heterocycles. The van der Waals surface area contributed by atoms with Crippen LogP contribution >= 0.6 is 11.8 Å². The number of rotatable bonds is 3. The Morgan fingerprint density at radius 1 is 1.35 bits per heavy atom. The molecular weight excluding hydrogens is 286 g/mol. The number of anilines is 2. The standard InChI is InChI=1S/C9H9N7O3S/c1-3-6(16(18)19)7(15-8(11)12-3)20-9-13-4(10)2-5(17)14-9/h2H,1H3,(H2,11,12,15)(H3,10,13,14,17). The van der Waals surface area contributed by atoms with Crippen molar-refractivity contribution in [1.29, 1.82) is 0 Å². The van der Waals surface area contributed by atoms with Crippen molar-refractivity contribution in [1.82, 2.24) is 19.9 Å². The molecule has 0 aromatic carbocycles. The number of H-pyrrole nitrogens is 1. The summed E-state index contributed by atoms with van der Waals surface area (Å²) in [6, 6.07) is 1.10. The first-order valence-electron chi connectivity index (χ1n) is 5.20. The highest BCUT2D eigenvalue weighted by Crippen LogP contribution is 2.33. The van der Waals surface area contributed by atoms with E-state index in [1.165, 1.54) is 6.92 Å². The molecule has 2 rings (SSSR count). The Balaban J connectivity index is 2.52. The summed E-state index contributed by atoms with van der Waals surface area (Å²) in [7, 11) is 0. The number of nitrogens with one attached hydrogen (secondary N) is 1. The maximum Gasteiger partial charge on any atom is 0.322 e. The van der Waals surface area contributed by atoms with Crippen molar-refractivity contribution in [3.05, 3.63) is 32.2 Å². The number of aromatic nitrogens is 4. The van der Waals surface area contributed by atoms with E-state index in [-0.39, 0.29) is 33.3 Å². The Bertz CT molecular complexity index is 745. The van der Waals surface area contributed by atoms with E-state index in [1.807, 2.05) is 0 Å². The van der Waals surface area contributed by atoms with Crippen LogP contribution < -0.4 is 17.0 Å². The van der Waals surface area contributed by atoms with Crippen molar-refractivity contribution in [3.8, 4) is 0 Å². The third kappa shape index (κ3) is 2.83. The summed E-state index contributed by atoms with van der Waals surface area (Å²) in [6.07, 6.45) is 0. The molecule has 0 aliphatic rings. The Morgan fingerprint density at radius 3 is 2.65 bits per heavy atom. The number of nitrogen functional groups attached to an aromatic ring is 2. The topological polar surface area (TPSA) is 167 Å². The van der Waals surface area contributed by atoms with Gasteiger partial charge in [-0.05, 0) is 18.7 Å². The maximum atomic E-state index is 11.3. The molecule has 2 aromatic rings. The second kappa shape index (κ2) is 5.13. The number of hydrogen-bond acceptors (Lipinski definition) is 9. The van der Waals surface area contributed by atoms with Crippen LogP contribution in [0.4, 0.5) is 17.5 Å². The molecule has 0 amide bonds. The summed E-state index contributed by atoms with van der Waals surface area (Å²) in [4.78, 5) is 35.4. The van der Waals surface area contributed by atoms with Gasteiger partial charge in [0.2, 0.25) is 5.95 Å². The Kier molecular flexibility index (Phi) is 3.52. The molecular formula is C9H9N7O3S. The molecule has 2 aromatic heterocycles. The summed E-state index contributed by atoms with van der Waals surface area (Å²) in [5.74, 6) is -0.112. The highest BCUT2D eigenvalue weighted by Gasteiger charge is 2.23. The van der Waals surface area contributed by atoms with Crippen LogP contribution in [0.1, 0.15) is 5.69 Å². The van der Waals surface area contributed by atoms with Crippen molar-refractivity contribution in [2.75, 3.05) is 11.5 Å². The molecule has 0 bridgehead atoms. The average Bonchev–Trinajstić information content (AvgIpc) is 2.25. The SMILES string of the molecule is Cc1nc(N)nc(Sc2nc(N)cc(=O)[nH]2)c1[N+](=O)[O-]. The minimum Gasteiger partial charge on any atom is -0.383 e. The maximum absolute atomic E-state index is 11.3. The first kappa shape index (κ1) is 13.7. The number of nitrogens with two attached hydrogens (primary N) is 2. The van der Waals surface area contributed by atoms with Crippen LogP contribution in [0.2, 0.25) is 0 Å². The Labute approximate surface area is 115 Å². The van der Waals surface area contributed by atoms with Gasteiger partial charge in [0.1, 0.15) is 11.5 Å². The summed E-state index contributed by atoms with van der Waals surface area (Å²) < 4.78 is 0. The Hall–Kier alpha value is -2.69. The smallest absolute Gasteiger partial charge is 0.322 e. The molecule has 20 heavy (non-hydrogen) atoms. The van der Waals surface area contributed by atoms with Crippen LogP contribution in [0.3, 0.4) is 0 Å². The lowest BCUT2D eigenvalue weighted by atomic mass is 10.4. The number of aryl methyl sites for hydroxylation is 1. The molecule has 0 aliphatic carbocycles. The van der Waals surface area contributed by atoms with E-state index < -0.39 is 10.5 Å². The zero-order valence-electron chi connectivity index (χ0n) is 10.2. The van der Waals surface area contributed by atoms with Crippen LogP contribution in [0.5, 0.6) is 0 Å². The van der Waals surface area contributed by atoms with Crippen molar-refractivity contribution < 1.29 is 4.92 Å². The van der Waals surface area contributed by atoms with Gasteiger partial charge in [-0.15, -0.1) is 0 Å². The van der Waals surface area contributed by atoms with Crippen molar-refractivity contribution in [2.45, 2.75) is 17.1 Å². The van der Waals surface area contributed by atoms with E-state index in [0.717, 1.165) is 17.8 Å². The zero-order chi connectivity index (χ0) is 14.9. The van der Waals surface area contributed by atoms with E-state index in [4.69, 9.17) is 11.5 Å². The van der Waals surface area contributed by atoms with Crippen LogP contribution in [-0.4, -0.2) is 24.9 Å². The van der Waals surface area contributed by atoms with Crippen molar-refractivity contribution >= 4 is 29.2 Å². The molecule has 0 atom stereocenters. The predicted octanol–water partition coefficient (Wildman–Crippen LogP) is 0.0921. The quantitative estimate of drug-likeness (QED) is 0.307. The Morgan fingerprint density at radius 2 is 2.05 bits per heavy atom. The summed E-state index contributed by atoms with van der Waals surface area (Å²) in [5.41, 5.74) is 10.3. The highest BCUT2D eigenvalue weighted by molar-refractivity contribution is 7.99. The summed E-state index contributed by atoms with van der Waals surface area (Å²) in [6.45, 7) is 1.44. The van der Waals surface area contributed by atoms with Crippen LogP contribution in [0, 0.1) is 17.0 Å². The van der Waals surface area contributed by atoms with Gasteiger partial charge in [-0.3, -0.25) is 14.9 Å². The molecule has 0 aliphatic heterocycles. The highest BCUT2D eigenvalue weighted by atomic mass is 32.2. The second-order valence-electron chi connectivity index (χ2n) is 3.66. The zero-order valence-corrected chi connectivity index (χ0v) is 11.0. The molecule has 0 unspecified atom stereocenters. The van der Waals surface area contributed by atoms with Gasteiger partial charge < -0.3 is 16.5 Å². The molecule has 0 saturated heterocycles. The van der Waals surface area contributed by atoms with Crippen molar-refractivity contribution in [3.63, 3.8) is 0 Å². The first-order chi connectivity index (χ1) is 9.36. The third-order valence-electron chi connectivity index (χ3n) is 2.16. The number of hydrogen-bond donors (Lipinski definition) is 3. The van der Waals surface area contributed by atoms with Gasteiger partial charge in [0.05, 0.1) is 4.92 Å². The second-order valence-corrected chi connectivity index (χ2v) is 4.63. The van der Waals surface area contributed by atoms with Crippen molar-refractivity contribution in [2.24, 2.45) is 0 Å². The van der Waals surface area contributed by atoms with Gasteiger partial charge in [-0.2, -0.15) is 4.98 Å². The van der Waals surface area contributed by atoms with E-state index >= 15 is 0 Å². The van der Waals surface area contributed by atoms with Crippen LogP contribution in [-0.2, 0) is 0 Å². The fourth-order valence-electron chi connectivity index (χ4n) is 1.44. The van der Waals surface area contributed by atoms with Gasteiger partial charge >= 0.3 is 5.69 Å². The van der Waals surface area contributed by atoms with Crippen LogP contribution in [0.15, 0.2) is 21.0 Å². The average molecular weight is 295 g/mol. The van der Waals surface area contributed by atoms with E-state index in [9.17, 15) is 14.9 Å². The molecule has 0 saturated carbocycles. The fraction of sp³-hybridized carbons (Fsp3) is 0.111. The van der Waals surface area contributed by atoms with E-state index in [2.05, 4.69) is 19.9 Å². The summed E-state index contributed by atoms with van der Waals surface area (Å²) in [5, 5.41) is 11.1. The first-order valence-corrected chi connectivity index (χ1v) is 6.01. The monoisotopic (exact) mass is 295 g/mol. The number of nitrogens with zero attached hydrogens (tertiary/aromatic N) is 4. The fourth-order valence-corrected chi connectivity index (χ4v) is 2.38. The molecule has 0 radical (unpaired) electrons. The molecule has 104 valence electrons. The van der Waals surface area contributed by atoms with E-state index in [1.54, 1.807) is 0 Å². The molecule has 0 spiro atoms. The largest absolute Gasteiger partial charge is 0.383 e. The lowest BCUT2D eigenvalue weighted by molar-refractivity contribution is -0.389. The molecule has 5 N–H and O–H groups in total. The van der Waals surface area contributed by atoms with Crippen LogP contribution in [0.25, 0.3) is 0 Å². The van der Waals surface area contributed by atoms with Gasteiger partial charge in [0, 0.05) is 6.07 Å². The van der Waals surface area contributed by atoms with Gasteiger partial charge in [-0.25, -0.2) is 9.97 Å². The number of nitro groups is 1. The normalized spacial score (nSPS) is 10.4. The minimum absolute atomic E-state index is 0.00217. The minimum atomic E-state index is -0.624. The third-order valence-corrected chi connectivity index (χ3v) is 3.02. The summed E-state index contributed by atoms with van der Waals surface area (Å²) >= 11 is 0.780. The lowest BCUT2D eigenvalue weighted by Crippen LogP contribution is -2.10. The lowest BCUT2D eigenvalue weighted by Gasteiger charge is -2.04. The van der Waals surface area contributed by atoms with Gasteiger partial charge in [0.15, 0.2) is 10.2 Å². The molecule has 0 fully saturated rings. The van der Waals surface area contributed by atoms with Gasteiger partial charge in [-0.1, -0.05) is 0 Å². The molecule has 11 heteroatoms. The number of aromatic amines is 1. The predicted molar refractivity (Wildman–Crippen MR) is 71.2 cm³/mol. The van der Waals surface area contributed by atoms with E-state index in [0.29, 0.717) is 0 Å². The molecule has 10 nitrogen and oxygen atoms in total. The van der Waals surface area contributed by atoms with Gasteiger partial charge in [0.25, 0.3) is 5.56 Å².